The Bertz CT molecular complexity index is 845. The molecule has 0 saturated heterocycles. The van der Waals surface area contributed by atoms with Crippen LogP contribution in [0.25, 0.3) is 0 Å². The summed E-state index contributed by atoms with van der Waals surface area (Å²) < 4.78 is 26.3. The minimum atomic E-state index is -3.47. The van der Waals surface area contributed by atoms with E-state index in [9.17, 15) is 13.2 Å². The lowest BCUT2D eigenvalue weighted by Gasteiger charge is -2.13. The lowest BCUT2D eigenvalue weighted by molar-refractivity contribution is -0.117. The Morgan fingerprint density at radius 1 is 1.12 bits per heavy atom. The van der Waals surface area contributed by atoms with E-state index in [1.54, 1.807) is 19.1 Å². The van der Waals surface area contributed by atoms with E-state index in [-0.39, 0.29) is 16.7 Å². The Kier molecular flexibility index (Phi) is 4.69. The molecule has 126 valence electrons. The zero-order valence-electron chi connectivity index (χ0n) is 13.5. The minimum absolute atomic E-state index is 0.0535. The third kappa shape index (κ3) is 3.34. The summed E-state index contributed by atoms with van der Waals surface area (Å²) in [6.07, 6.45) is 1.71. The number of amides is 1. The van der Waals surface area contributed by atoms with Crippen LogP contribution < -0.4 is 10.0 Å². The number of carbonyl (C=O) groups is 1. The first-order chi connectivity index (χ1) is 11.5. The topological polar surface area (TPSA) is 75.3 Å². The maximum absolute atomic E-state index is 12.5. The SMILES string of the molecule is CCNS(=O)(=O)c1ccc(NC(=O)C2CCc3ccccc32)cc1. The average molecular weight is 344 g/mol. The molecule has 2 aromatic carbocycles. The summed E-state index contributed by atoms with van der Waals surface area (Å²) in [6.45, 7) is 2.06. The summed E-state index contributed by atoms with van der Waals surface area (Å²) in [5.74, 6) is -0.200. The first kappa shape index (κ1) is 16.7. The molecule has 1 amide bonds. The Hall–Kier alpha value is -2.18. The molecule has 1 aliphatic carbocycles. The van der Waals surface area contributed by atoms with Gasteiger partial charge in [0.25, 0.3) is 0 Å². The molecule has 0 heterocycles. The molecule has 2 N–H and O–H groups in total. The van der Waals surface area contributed by atoms with E-state index in [2.05, 4.69) is 16.1 Å². The summed E-state index contributed by atoms with van der Waals surface area (Å²) >= 11 is 0. The Labute approximate surface area is 142 Å². The van der Waals surface area contributed by atoms with Crippen molar-refractivity contribution in [2.45, 2.75) is 30.6 Å². The second kappa shape index (κ2) is 6.75. The van der Waals surface area contributed by atoms with Gasteiger partial charge in [0.1, 0.15) is 0 Å². The van der Waals surface area contributed by atoms with Crippen molar-refractivity contribution in [3.63, 3.8) is 0 Å². The van der Waals surface area contributed by atoms with E-state index in [1.165, 1.54) is 17.7 Å². The van der Waals surface area contributed by atoms with Crippen LogP contribution in [-0.2, 0) is 21.2 Å². The molecule has 0 spiro atoms. The van der Waals surface area contributed by atoms with Gasteiger partial charge in [-0.2, -0.15) is 0 Å². The smallest absolute Gasteiger partial charge is 0.240 e. The van der Waals surface area contributed by atoms with Gasteiger partial charge in [-0.15, -0.1) is 0 Å². The highest BCUT2D eigenvalue weighted by atomic mass is 32.2. The van der Waals surface area contributed by atoms with E-state index >= 15 is 0 Å². The number of sulfonamides is 1. The molecular formula is C18H20N2O3S. The summed E-state index contributed by atoms with van der Waals surface area (Å²) in [5, 5.41) is 2.88. The number of nitrogens with one attached hydrogen (secondary N) is 2. The van der Waals surface area contributed by atoms with E-state index in [1.807, 2.05) is 18.2 Å². The van der Waals surface area contributed by atoms with Gasteiger partial charge in [-0.05, 0) is 48.2 Å². The van der Waals surface area contributed by atoms with Crippen molar-refractivity contribution in [1.29, 1.82) is 0 Å². The molecule has 2 aromatic rings. The summed E-state index contributed by atoms with van der Waals surface area (Å²) in [5.41, 5.74) is 2.91. The molecule has 0 bridgehead atoms. The molecule has 0 radical (unpaired) electrons. The fourth-order valence-electron chi connectivity index (χ4n) is 3.05. The van der Waals surface area contributed by atoms with Crippen LogP contribution in [-0.4, -0.2) is 20.9 Å². The molecule has 0 fully saturated rings. The second-order valence-electron chi connectivity index (χ2n) is 5.81. The highest BCUT2D eigenvalue weighted by Crippen LogP contribution is 2.33. The van der Waals surface area contributed by atoms with Gasteiger partial charge in [0.2, 0.25) is 15.9 Å². The van der Waals surface area contributed by atoms with Crippen molar-refractivity contribution < 1.29 is 13.2 Å². The van der Waals surface area contributed by atoms with Crippen molar-refractivity contribution in [2.24, 2.45) is 0 Å². The van der Waals surface area contributed by atoms with Gasteiger partial charge in [-0.1, -0.05) is 31.2 Å². The Morgan fingerprint density at radius 2 is 1.83 bits per heavy atom. The van der Waals surface area contributed by atoms with Crippen molar-refractivity contribution in [3.8, 4) is 0 Å². The van der Waals surface area contributed by atoms with Crippen LogP contribution >= 0.6 is 0 Å². The maximum atomic E-state index is 12.5. The van der Waals surface area contributed by atoms with Crippen LogP contribution in [0.4, 0.5) is 5.69 Å². The highest BCUT2D eigenvalue weighted by molar-refractivity contribution is 7.89. The lowest BCUT2D eigenvalue weighted by atomic mass is 10.0. The van der Waals surface area contributed by atoms with Crippen molar-refractivity contribution in [1.82, 2.24) is 4.72 Å². The number of aryl methyl sites for hydroxylation is 1. The molecule has 1 unspecified atom stereocenters. The van der Waals surface area contributed by atoms with Crippen LogP contribution in [0.1, 0.15) is 30.4 Å². The molecule has 1 aliphatic rings. The van der Waals surface area contributed by atoms with Crippen molar-refractivity contribution in [2.75, 3.05) is 11.9 Å². The summed E-state index contributed by atoms with van der Waals surface area (Å²) in [6, 6.07) is 14.2. The molecule has 0 aromatic heterocycles. The number of carbonyl (C=O) groups excluding carboxylic acids is 1. The molecule has 0 saturated carbocycles. The minimum Gasteiger partial charge on any atom is -0.326 e. The van der Waals surface area contributed by atoms with Crippen LogP contribution in [0.3, 0.4) is 0 Å². The third-order valence-corrected chi connectivity index (χ3v) is 5.78. The molecule has 0 aliphatic heterocycles. The molecular weight excluding hydrogens is 324 g/mol. The monoisotopic (exact) mass is 344 g/mol. The van der Waals surface area contributed by atoms with E-state index < -0.39 is 10.0 Å². The van der Waals surface area contributed by atoms with Crippen LogP contribution in [0, 0.1) is 0 Å². The zero-order chi connectivity index (χ0) is 17.2. The fourth-order valence-corrected chi connectivity index (χ4v) is 4.09. The summed E-state index contributed by atoms with van der Waals surface area (Å²) in [7, 11) is -3.47. The normalized spacial score (nSPS) is 16.6. The Morgan fingerprint density at radius 3 is 2.54 bits per heavy atom. The zero-order valence-corrected chi connectivity index (χ0v) is 14.3. The second-order valence-corrected chi connectivity index (χ2v) is 7.57. The lowest BCUT2D eigenvalue weighted by Crippen LogP contribution is -2.23. The molecule has 24 heavy (non-hydrogen) atoms. The molecule has 3 rings (SSSR count). The number of fused-ring (bicyclic) bond motifs is 1. The van der Waals surface area contributed by atoms with Gasteiger partial charge in [0, 0.05) is 12.2 Å². The summed E-state index contributed by atoms with van der Waals surface area (Å²) in [4.78, 5) is 12.7. The third-order valence-electron chi connectivity index (χ3n) is 4.22. The van der Waals surface area contributed by atoms with Gasteiger partial charge < -0.3 is 5.32 Å². The quantitative estimate of drug-likeness (QED) is 0.875. The number of rotatable bonds is 5. The molecule has 1 atom stereocenters. The van der Waals surface area contributed by atoms with Crippen molar-refractivity contribution in [3.05, 3.63) is 59.7 Å². The average Bonchev–Trinajstić information content (AvgIpc) is 2.99. The van der Waals surface area contributed by atoms with E-state index in [0.29, 0.717) is 12.2 Å². The van der Waals surface area contributed by atoms with Gasteiger partial charge >= 0.3 is 0 Å². The number of hydrogen-bond donors (Lipinski definition) is 2. The van der Waals surface area contributed by atoms with Crippen molar-refractivity contribution >= 4 is 21.6 Å². The fraction of sp³-hybridized carbons (Fsp3) is 0.278. The van der Waals surface area contributed by atoms with Gasteiger partial charge in [0.05, 0.1) is 10.8 Å². The van der Waals surface area contributed by atoms with Crippen LogP contribution in [0.2, 0.25) is 0 Å². The largest absolute Gasteiger partial charge is 0.326 e. The van der Waals surface area contributed by atoms with Crippen LogP contribution in [0.15, 0.2) is 53.4 Å². The van der Waals surface area contributed by atoms with E-state index in [4.69, 9.17) is 0 Å². The van der Waals surface area contributed by atoms with Gasteiger partial charge in [0.15, 0.2) is 0 Å². The first-order valence-electron chi connectivity index (χ1n) is 7.99. The number of anilines is 1. The standard InChI is InChI=1S/C18H20N2O3S/c1-2-19-24(22,23)15-10-8-14(9-11-15)20-18(21)17-12-7-13-5-3-4-6-16(13)17/h3-6,8-11,17,19H,2,7,12H2,1H3,(H,20,21). The number of hydrogen-bond acceptors (Lipinski definition) is 3. The highest BCUT2D eigenvalue weighted by Gasteiger charge is 2.28. The first-order valence-corrected chi connectivity index (χ1v) is 9.48. The predicted octanol–water partition coefficient (Wildman–Crippen LogP) is 2.65. The maximum Gasteiger partial charge on any atom is 0.240 e. The Balaban J connectivity index is 1.72. The van der Waals surface area contributed by atoms with Gasteiger partial charge in [-0.25, -0.2) is 13.1 Å². The van der Waals surface area contributed by atoms with Gasteiger partial charge in [-0.3, -0.25) is 4.79 Å². The van der Waals surface area contributed by atoms with E-state index in [0.717, 1.165) is 18.4 Å². The number of benzene rings is 2. The molecule has 6 heteroatoms. The van der Waals surface area contributed by atoms with Crippen LogP contribution in [0.5, 0.6) is 0 Å². The molecule has 5 nitrogen and oxygen atoms in total. The predicted molar refractivity (Wildman–Crippen MR) is 93.4 cm³/mol.